The van der Waals surface area contributed by atoms with Crippen molar-refractivity contribution in [3.63, 3.8) is 0 Å². The molecule has 1 aliphatic carbocycles. The maximum absolute atomic E-state index is 11.6. The fourth-order valence-corrected chi connectivity index (χ4v) is 4.81. The zero-order chi connectivity index (χ0) is 23.6. The van der Waals surface area contributed by atoms with Crippen molar-refractivity contribution in [2.45, 2.75) is 57.7 Å². The molecule has 0 radical (unpaired) electrons. The summed E-state index contributed by atoms with van der Waals surface area (Å²) in [5.41, 5.74) is 3.26. The highest BCUT2D eigenvalue weighted by Gasteiger charge is 2.24. The Balaban J connectivity index is 1.72. The van der Waals surface area contributed by atoms with Crippen molar-refractivity contribution < 1.29 is 19.1 Å². The van der Waals surface area contributed by atoms with E-state index in [1.54, 1.807) is 6.20 Å². The lowest BCUT2D eigenvalue weighted by atomic mass is 9.88. The lowest BCUT2D eigenvalue weighted by Crippen LogP contribution is -2.34. The first-order chi connectivity index (χ1) is 15.7. The van der Waals surface area contributed by atoms with E-state index in [-0.39, 0.29) is 11.9 Å². The summed E-state index contributed by atoms with van der Waals surface area (Å²) >= 11 is 0. The molecule has 33 heavy (non-hydrogen) atoms. The average molecular weight is 472 g/mol. The fraction of sp³-hybridized carbons (Fsp3) is 0.455. The predicted octanol–water partition coefficient (Wildman–Crippen LogP) is 3.90. The number of aromatic nitrogens is 4. The number of rotatable bonds is 8. The maximum Gasteiger partial charge on any atom is 0.434 e. The molecule has 3 N–H and O–H groups in total. The summed E-state index contributed by atoms with van der Waals surface area (Å²) in [4.78, 5) is 27.4. The van der Waals surface area contributed by atoms with E-state index in [0.717, 1.165) is 35.4 Å². The number of carbonyl (C=O) groups is 1. The van der Waals surface area contributed by atoms with E-state index in [0.29, 0.717) is 31.0 Å². The van der Waals surface area contributed by atoms with Crippen molar-refractivity contribution in [2.75, 3.05) is 6.61 Å². The molecule has 1 atom stereocenters. The molecule has 0 aliphatic heterocycles. The van der Waals surface area contributed by atoms with Crippen LogP contribution in [0.5, 0.6) is 0 Å². The molecule has 176 valence electrons. The van der Waals surface area contributed by atoms with Gasteiger partial charge in [0.25, 0.3) is 5.89 Å². The second kappa shape index (κ2) is 9.36. The summed E-state index contributed by atoms with van der Waals surface area (Å²) in [5.74, 6) is -0.456. The number of H-pyrrole nitrogens is 1. The molecule has 3 aromatic heterocycles. The maximum atomic E-state index is 11.6. The van der Waals surface area contributed by atoms with Gasteiger partial charge in [-0.2, -0.15) is 0 Å². The van der Waals surface area contributed by atoms with Crippen LogP contribution in [0.4, 0.5) is 4.79 Å². The van der Waals surface area contributed by atoms with Crippen LogP contribution >= 0.6 is 0 Å². The lowest BCUT2D eigenvalue weighted by molar-refractivity contribution is 0.0899. The van der Waals surface area contributed by atoms with Gasteiger partial charge in [0.15, 0.2) is 0 Å². The third-order valence-electron chi connectivity index (χ3n) is 5.70. The summed E-state index contributed by atoms with van der Waals surface area (Å²) < 4.78 is 13.1. The monoisotopic (exact) mass is 471 g/mol. The second-order valence-electron chi connectivity index (χ2n) is 9.49. The van der Waals surface area contributed by atoms with E-state index in [1.807, 2.05) is 16.8 Å². The topological polar surface area (TPSA) is 135 Å². The molecule has 4 rings (SSSR count). The first kappa shape index (κ1) is 23.0. The number of amides is 1. The summed E-state index contributed by atoms with van der Waals surface area (Å²) in [6, 6.07) is 2.79. The number of aromatic amines is 1. The number of fused-ring (bicyclic) bond motifs is 1. The molecule has 11 heteroatoms. The number of nitrogens with zero attached hydrogens (tertiary/aromatic N) is 3. The summed E-state index contributed by atoms with van der Waals surface area (Å²) in [6.07, 6.45) is 6.74. The predicted molar refractivity (Wildman–Crippen MR) is 127 cm³/mol. The highest BCUT2D eigenvalue weighted by Crippen LogP contribution is 2.37. The SMILES string of the molecule is C[Si](C)(C)CCOCn1cc(-c2n[nH]c(=O)o2)c2c(C3=CCCC(NC(=O)O)C3)ccnc21. The minimum atomic E-state index is -1.21. The number of nitrogens with one attached hydrogen (secondary N) is 2. The minimum absolute atomic E-state index is 0.163. The first-order valence-electron chi connectivity index (χ1n) is 11.0. The molecule has 1 amide bonds. The van der Waals surface area contributed by atoms with Crippen LogP contribution in [0, 0.1) is 0 Å². The molecule has 0 fully saturated rings. The highest BCUT2D eigenvalue weighted by atomic mass is 28.3. The van der Waals surface area contributed by atoms with Crippen molar-refractivity contribution in [3.05, 3.63) is 40.7 Å². The molecule has 3 heterocycles. The molecule has 0 aromatic carbocycles. The van der Waals surface area contributed by atoms with E-state index in [2.05, 4.69) is 46.2 Å². The Morgan fingerprint density at radius 1 is 1.39 bits per heavy atom. The zero-order valence-corrected chi connectivity index (χ0v) is 20.1. The van der Waals surface area contributed by atoms with E-state index in [4.69, 9.17) is 14.3 Å². The van der Waals surface area contributed by atoms with Gasteiger partial charge in [0.05, 0.1) is 5.56 Å². The van der Waals surface area contributed by atoms with Crippen LogP contribution in [-0.2, 0) is 11.5 Å². The van der Waals surface area contributed by atoms with Crippen LogP contribution in [0.1, 0.15) is 24.8 Å². The Morgan fingerprint density at radius 3 is 2.91 bits per heavy atom. The molecular formula is C22H29N5O5Si. The van der Waals surface area contributed by atoms with Crippen LogP contribution in [0.2, 0.25) is 25.7 Å². The smallest absolute Gasteiger partial charge is 0.434 e. The Labute approximate surface area is 191 Å². The number of carboxylic acid groups (broad SMARTS) is 1. The van der Waals surface area contributed by atoms with E-state index >= 15 is 0 Å². The number of pyridine rings is 1. The standard InChI is InChI=1S/C22H29N5O5Si/c1-33(2,3)10-9-31-13-27-12-17(20-25-26-22(30)32-20)18-16(7-8-23-19(18)27)14-5-4-6-15(11-14)24-21(28)29/h5,7-8,12,15,24H,4,6,9-11,13H2,1-3H3,(H,26,30)(H,28,29). The lowest BCUT2D eigenvalue weighted by Gasteiger charge is -2.23. The van der Waals surface area contributed by atoms with Crippen molar-refractivity contribution in [2.24, 2.45) is 0 Å². The van der Waals surface area contributed by atoms with Gasteiger partial charge in [-0.15, -0.1) is 5.10 Å². The Hall–Kier alpha value is -3.18. The van der Waals surface area contributed by atoms with Gasteiger partial charge in [-0.05, 0) is 42.5 Å². The molecule has 0 saturated heterocycles. The first-order valence-corrected chi connectivity index (χ1v) is 14.7. The van der Waals surface area contributed by atoms with Crippen LogP contribution < -0.4 is 11.1 Å². The Bertz CT molecular complexity index is 1240. The third-order valence-corrected chi connectivity index (χ3v) is 7.40. The molecular weight excluding hydrogens is 442 g/mol. The minimum Gasteiger partial charge on any atom is -0.465 e. The second-order valence-corrected chi connectivity index (χ2v) is 15.1. The summed E-state index contributed by atoms with van der Waals surface area (Å²) in [6.45, 7) is 7.88. The van der Waals surface area contributed by atoms with Crippen LogP contribution in [-0.4, -0.2) is 51.7 Å². The normalized spacial score (nSPS) is 16.7. The van der Waals surface area contributed by atoms with Gasteiger partial charge in [-0.3, -0.25) is 0 Å². The fourth-order valence-electron chi connectivity index (χ4n) is 4.06. The molecule has 0 spiro atoms. The molecule has 0 bridgehead atoms. The molecule has 1 aliphatic rings. The van der Waals surface area contributed by atoms with Gasteiger partial charge < -0.3 is 24.1 Å². The van der Waals surface area contributed by atoms with Crippen molar-refractivity contribution in [3.8, 4) is 11.5 Å². The number of allylic oxidation sites excluding steroid dienone is 1. The quantitative estimate of drug-likeness (QED) is 0.335. The van der Waals surface area contributed by atoms with E-state index in [1.165, 1.54) is 0 Å². The molecule has 1 unspecified atom stereocenters. The van der Waals surface area contributed by atoms with Gasteiger partial charge in [0.2, 0.25) is 0 Å². The summed E-state index contributed by atoms with van der Waals surface area (Å²) in [5, 5.41) is 18.9. The van der Waals surface area contributed by atoms with Gasteiger partial charge in [0.1, 0.15) is 12.4 Å². The molecule has 0 saturated carbocycles. The highest BCUT2D eigenvalue weighted by molar-refractivity contribution is 6.76. The third kappa shape index (κ3) is 5.42. The van der Waals surface area contributed by atoms with Gasteiger partial charge >= 0.3 is 11.8 Å². The average Bonchev–Trinajstić information content (AvgIpc) is 3.34. The molecule has 3 aromatic rings. The van der Waals surface area contributed by atoms with Gasteiger partial charge in [0, 0.05) is 38.5 Å². The summed E-state index contributed by atoms with van der Waals surface area (Å²) in [7, 11) is -1.21. The van der Waals surface area contributed by atoms with E-state index < -0.39 is 19.9 Å². The molecule has 10 nitrogen and oxygen atoms in total. The Kier molecular flexibility index (Phi) is 6.52. The van der Waals surface area contributed by atoms with Crippen LogP contribution in [0.3, 0.4) is 0 Å². The van der Waals surface area contributed by atoms with Crippen molar-refractivity contribution in [1.29, 1.82) is 0 Å². The zero-order valence-electron chi connectivity index (χ0n) is 19.1. The largest absolute Gasteiger partial charge is 0.465 e. The van der Waals surface area contributed by atoms with E-state index in [9.17, 15) is 9.59 Å². The van der Waals surface area contributed by atoms with Crippen LogP contribution in [0.25, 0.3) is 28.1 Å². The number of hydrogen-bond acceptors (Lipinski definition) is 6. The van der Waals surface area contributed by atoms with Crippen molar-refractivity contribution >= 4 is 30.8 Å². The number of ether oxygens (including phenoxy) is 1. The van der Waals surface area contributed by atoms with Crippen LogP contribution in [0.15, 0.2) is 33.7 Å². The number of hydrogen-bond donors (Lipinski definition) is 3. The van der Waals surface area contributed by atoms with Gasteiger partial charge in [-0.1, -0.05) is 25.7 Å². The van der Waals surface area contributed by atoms with Crippen molar-refractivity contribution in [1.82, 2.24) is 25.1 Å². The van der Waals surface area contributed by atoms with Gasteiger partial charge in [-0.25, -0.2) is 19.7 Å². The Morgan fingerprint density at radius 2 is 2.21 bits per heavy atom.